The second-order valence-electron chi connectivity index (χ2n) is 5.32. The van der Waals surface area contributed by atoms with Crippen LogP contribution in [0.3, 0.4) is 0 Å². The highest BCUT2D eigenvalue weighted by Gasteiger charge is 2.16. The molecule has 0 saturated carbocycles. The summed E-state index contributed by atoms with van der Waals surface area (Å²) in [7, 11) is 0. The Bertz CT molecular complexity index is 643. The predicted molar refractivity (Wildman–Crippen MR) is 85.3 cm³/mol. The van der Waals surface area contributed by atoms with Gasteiger partial charge in [0.1, 0.15) is 0 Å². The van der Waals surface area contributed by atoms with Crippen LogP contribution in [0.2, 0.25) is 0 Å². The first-order valence-electron chi connectivity index (χ1n) is 7.48. The van der Waals surface area contributed by atoms with Crippen LogP contribution in [0, 0.1) is 0 Å². The molecule has 1 saturated heterocycles. The van der Waals surface area contributed by atoms with Gasteiger partial charge in [-0.25, -0.2) is 0 Å². The summed E-state index contributed by atoms with van der Waals surface area (Å²) < 4.78 is 7.39. The van der Waals surface area contributed by atoms with Crippen molar-refractivity contribution in [3.05, 3.63) is 54.4 Å². The monoisotopic (exact) mass is 297 g/mol. The van der Waals surface area contributed by atoms with E-state index in [9.17, 15) is 4.79 Å². The lowest BCUT2D eigenvalue weighted by molar-refractivity contribution is -0.111. The van der Waals surface area contributed by atoms with Crippen molar-refractivity contribution in [2.45, 2.75) is 25.5 Å². The molecule has 5 nitrogen and oxygen atoms in total. The standard InChI is InChI=1S/C17H19N3O2/c21-17(9-8-14-5-2-1-3-6-14)19-15-11-18-20(12-15)13-16-7-4-10-22-16/h1-3,5-6,8-9,11-12,16H,4,7,10,13H2,(H,19,21)/b9-8+/t16-/m0/s1. The Morgan fingerprint density at radius 1 is 1.41 bits per heavy atom. The van der Waals surface area contributed by atoms with Gasteiger partial charge in [-0.3, -0.25) is 9.48 Å². The van der Waals surface area contributed by atoms with Crippen molar-refractivity contribution >= 4 is 17.7 Å². The smallest absolute Gasteiger partial charge is 0.248 e. The lowest BCUT2D eigenvalue weighted by Crippen LogP contribution is -2.15. The largest absolute Gasteiger partial charge is 0.376 e. The van der Waals surface area contributed by atoms with E-state index < -0.39 is 0 Å². The first-order chi connectivity index (χ1) is 10.8. The van der Waals surface area contributed by atoms with Crippen LogP contribution in [0.25, 0.3) is 6.08 Å². The zero-order valence-corrected chi connectivity index (χ0v) is 12.3. The van der Waals surface area contributed by atoms with Crippen molar-refractivity contribution < 1.29 is 9.53 Å². The van der Waals surface area contributed by atoms with Gasteiger partial charge < -0.3 is 10.1 Å². The van der Waals surface area contributed by atoms with Crippen molar-refractivity contribution in [3.8, 4) is 0 Å². The summed E-state index contributed by atoms with van der Waals surface area (Å²) in [6.45, 7) is 1.57. The minimum absolute atomic E-state index is 0.166. The average molecular weight is 297 g/mol. The Hall–Kier alpha value is -2.40. The highest BCUT2D eigenvalue weighted by atomic mass is 16.5. The maximum Gasteiger partial charge on any atom is 0.248 e. The summed E-state index contributed by atoms with van der Waals surface area (Å²) in [6.07, 6.45) is 9.21. The van der Waals surface area contributed by atoms with Crippen LogP contribution in [0.5, 0.6) is 0 Å². The van der Waals surface area contributed by atoms with E-state index in [-0.39, 0.29) is 12.0 Å². The molecule has 0 bridgehead atoms. The number of benzene rings is 1. The summed E-state index contributed by atoms with van der Waals surface area (Å²) in [5, 5.41) is 7.06. The number of rotatable bonds is 5. The quantitative estimate of drug-likeness (QED) is 0.863. The molecule has 1 aliphatic rings. The van der Waals surface area contributed by atoms with Gasteiger partial charge in [0.25, 0.3) is 0 Å². The third-order valence-corrected chi connectivity index (χ3v) is 3.54. The van der Waals surface area contributed by atoms with Gasteiger partial charge in [-0.1, -0.05) is 30.3 Å². The van der Waals surface area contributed by atoms with E-state index in [4.69, 9.17) is 4.74 Å². The van der Waals surface area contributed by atoms with Gasteiger partial charge in [-0.2, -0.15) is 5.10 Å². The zero-order valence-electron chi connectivity index (χ0n) is 12.3. The number of hydrogen-bond acceptors (Lipinski definition) is 3. The first-order valence-corrected chi connectivity index (χ1v) is 7.48. The third-order valence-electron chi connectivity index (χ3n) is 3.54. The Morgan fingerprint density at radius 3 is 3.05 bits per heavy atom. The number of carbonyl (C=O) groups excluding carboxylic acids is 1. The summed E-state index contributed by atoms with van der Waals surface area (Å²) >= 11 is 0. The number of aromatic nitrogens is 2. The van der Waals surface area contributed by atoms with Crippen LogP contribution in [-0.2, 0) is 16.1 Å². The van der Waals surface area contributed by atoms with E-state index in [0.29, 0.717) is 5.69 Å². The molecular weight excluding hydrogens is 278 g/mol. The number of anilines is 1. The maximum absolute atomic E-state index is 11.9. The fourth-order valence-corrected chi connectivity index (χ4v) is 2.44. The Morgan fingerprint density at radius 2 is 2.27 bits per heavy atom. The van der Waals surface area contributed by atoms with Gasteiger partial charge >= 0.3 is 0 Å². The zero-order chi connectivity index (χ0) is 15.2. The second kappa shape index (κ2) is 7.04. The molecule has 0 aliphatic carbocycles. The molecule has 2 aromatic rings. The number of hydrogen-bond donors (Lipinski definition) is 1. The molecule has 5 heteroatoms. The van der Waals surface area contributed by atoms with Crippen molar-refractivity contribution in [2.75, 3.05) is 11.9 Å². The first kappa shape index (κ1) is 14.5. The molecule has 114 valence electrons. The highest BCUT2D eigenvalue weighted by molar-refractivity contribution is 6.01. The minimum atomic E-state index is -0.166. The Balaban J connectivity index is 1.53. The lowest BCUT2D eigenvalue weighted by Gasteiger charge is -2.08. The van der Waals surface area contributed by atoms with Gasteiger partial charge in [0.15, 0.2) is 0 Å². The molecule has 1 amide bonds. The summed E-state index contributed by atoms with van der Waals surface area (Å²) in [5.74, 6) is -0.166. The summed E-state index contributed by atoms with van der Waals surface area (Å²) in [4.78, 5) is 11.9. The van der Waals surface area contributed by atoms with Crippen molar-refractivity contribution in [1.29, 1.82) is 0 Å². The maximum atomic E-state index is 11.9. The summed E-state index contributed by atoms with van der Waals surface area (Å²) in [6, 6.07) is 9.71. The second-order valence-corrected chi connectivity index (χ2v) is 5.32. The van der Waals surface area contributed by atoms with Gasteiger partial charge in [0.2, 0.25) is 5.91 Å². The lowest BCUT2D eigenvalue weighted by atomic mass is 10.2. The van der Waals surface area contributed by atoms with Crippen LogP contribution in [0.15, 0.2) is 48.8 Å². The van der Waals surface area contributed by atoms with Crippen molar-refractivity contribution in [2.24, 2.45) is 0 Å². The van der Waals surface area contributed by atoms with E-state index >= 15 is 0 Å². The number of amides is 1. The number of nitrogens with zero attached hydrogens (tertiary/aromatic N) is 2. The molecule has 0 spiro atoms. The molecule has 0 unspecified atom stereocenters. The fourth-order valence-electron chi connectivity index (χ4n) is 2.44. The SMILES string of the molecule is O=C(/C=C/c1ccccc1)Nc1cnn(C[C@@H]2CCCO2)c1. The normalized spacial score (nSPS) is 17.9. The fraction of sp³-hybridized carbons (Fsp3) is 0.294. The van der Waals surface area contributed by atoms with E-state index in [1.807, 2.05) is 41.2 Å². The van der Waals surface area contributed by atoms with Crippen molar-refractivity contribution in [1.82, 2.24) is 9.78 Å². The number of nitrogens with one attached hydrogen (secondary N) is 1. The molecule has 1 fully saturated rings. The number of carbonyl (C=O) groups is 1. The topological polar surface area (TPSA) is 56.2 Å². The molecule has 1 aromatic heterocycles. The van der Waals surface area contributed by atoms with Crippen LogP contribution in [-0.4, -0.2) is 28.4 Å². The Kier molecular flexibility index (Phi) is 4.65. The van der Waals surface area contributed by atoms with Gasteiger partial charge in [-0.15, -0.1) is 0 Å². The molecule has 2 heterocycles. The van der Waals surface area contributed by atoms with Crippen LogP contribution >= 0.6 is 0 Å². The highest BCUT2D eigenvalue weighted by Crippen LogP contribution is 2.15. The predicted octanol–water partition coefficient (Wildman–Crippen LogP) is 2.71. The van der Waals surface area contributed by atoms with E-state index in [1.54, 1.807) is 12.3 Å². The van der Waals surface area contributed by atoms with E-state index in [1.165, 1.54) is 6.08 Å². The van der Waals surface area contributed by atoms with Crippen LogP contribution in [0.1, 0.15) is 18.4 Å². The van der Waals surface area contributed by atoms with Gasteiger partial charge in [0.05, 0.1) is 24.5 Å². The Labute approximate surface area is 129 Å². The molecule has 1 aromatic carbocycles. The average Bonchev–Trinajstić information content (AvgIpc) is 3.19. The number of ether oxygens (including phenoxy) is 1. The minimum Gasteiger partial charge on any atom is -0.376 e. The molecule has 0 radical (unpaired) electrons. The molecule has 1 aliphatic heterocycles. The van der Waals surface area contributed by atoms with Crippen molar-refractivity contribution in [3.63, 3.8) is 0 Å². The van der Waals surface area contributed by atoms with Gasteiger partial charge in [0, 0.05) is 18.9 Å². The van der Waals surface area contributed by atoms with E-state index in [2.05, 4.69) is 10.4 Å². The van der Waals surface area contributed by atoms with Gasteiger partial charge in [-0.05, 0) is 24.5 Å². The molecular formula is C17H19N3O2. The molecule has 22 heavy (non-hydrogen) atoms. The summed E-state index contributed by atoms with van der Waals surface area (Å²) in [5.41, 5.74) is 1.69. The van der Waals surface area contributed by atoms with E-state index in [0.717, 1.165) is 31.6 Å². The van der Waals surface area contributed by atoms with Crippen LogP contribution < -0.4 is 5.32 Å². The molecule has 3 rings (SSSR count). The van der Waals surface area contributed by atoms with Crippen LogP contribution in [0.4, 0.5) is 5.69 Å². The molecule has 1 N–H and O–H groups in total. The molecule has 1 atom stereocenters. The third kappa shape index (κ3) is 4.05.